The van der Waals surface area contributed by atoms with E-state index in [0.717, 1.165) is 13.1 Å². The second kappa shape index (κ2) is 8.92. The number of furan rings is 2. The fourth-order valence-electron chi connectivity index (χ4n) is 4.09. The standard InChI is InChI=1S/C24H26N2O6/c1-4-25(5-2)11-12-26-20(16-10-7-13-31-16)19(22(28)24(26)29)21(27)18-14-15-8-6-9-17(30-3)23(15)32-18/h6-10,13-14,20,28H,4-5,11-12H2,1-3H3. The van der Waals surface area contributed by atoms with Crippen molar-refractivity contribution < 1.29 is 28.3 Å². The highest BCUT2D eigenvalue weighted by atomic mass is 16.5. The molecular weight excluding hydrogens is 412 g/mol. The quantitative estimate of drug-likeness (QED) is 0.505. The fraction of sp³-hybridized carbons (Fsp3) is 0.333. The molecule has 1 N–H and O–H groups in total. The number of Topliss-reactive ketones (excluding diaryl/α,β-unsaturated/α-hetero) is 1. The predicted octanol–water partition coefficient (Wildman–Crippen LogP) is 3.95. The van der Waals surface area contributed by atoms with E-state index in [4.69, 9.17) is 13.6 Å². The Bertz CT molecular complexity index is 1160. The van der Waals surface area contributed by atoms with Gasteiger partial charge in [0, 0.05) is 18.5 Å². The number of carbonyl (C=O) groups is 2. The Morgan fingerprint density at radius 3 is 2.66 bits per heavy atom. The zero-order chi connectivity index (χ0) is 22.8. The van der Waals surface area contributed by atoms with Crippen LogP contribution in [-0.4, -0.2) is 59.9 Å². The summed E-state index contributed by atoms with van der Waals surface area (Å²) in [6.45, 7) is 6.68. The number of para-hydroxylation sites is 1. The summed E-state index contributed by atoms with van der Waals surface area (Å²) in [4.78, 5) is 30.1. The van der Waals surface area contributed by atoms with Gasteiger partial charge in [0.15, 0.2) is 22.9 Å². The van der Waals surface area contributed by atoms with Crippen molar-refractivity contribution in [2.45, 2.75) is 19.9 Å². The van der Waals surface area contributed by atoms with E-state index in [1.165, 1.54) is 18.3 Å². The Balaban J connectivity index is 1.72. The van der Waals surface area contributed by atoms with Crippen molar-refractivity contribution >= 4 is 22.7 Å². The van der Waals surface area contributed by atoms with E-state index in [2.05, 4.69) is 4.90 Å². The molecule has 1 amide bonds. The Hall–Kier alpha value is -3.52. The highest BCUT2D eigenvalue weighted by molar-refractivity contribution is 6.16. The fourth-order valence-corrected chi connectivity index (χ4v) is 4.09. The minimum Gasteiger partial charge on any atom is -0.503 e. The zero-order valence-corrected chi connectivity index (χ0v) is 18.3. The van der Waals surface area contributed by atoms with Gasteiger partial charge < -0.3 is 28.5 Å². The van der Waals surface area contributed by atoms with E-state index in [9.17, 15) is 14.7 Å². The molecule has 3 aromatic rings. The Kier molecular flexibility index (Phi) is 6.05. The molecule has 0 saturated heterocycles. The first-order chi connectivity index (χ1) is 15.5. The van der Waals surface area contributed by atoms with Gasteiger partial charge in [0.25, 0.3) is 5.91 Å². The molecule has 0 saturated carbocycles. The molecule has 1 aliphatic rings. The van der Waals surface area contributed by atoms with Gasteiger partial charge in [0.05, 0.1) is 18.9 Å². The van der Waals surface area contributed by atoms with Crippen LogP contribution in [0.3, 0.4) is 0 Å². The van der Waals surface area contributed by atoms with Gasteiger partial charge in [-0.05, 0) is 37.4 Å². The van der Waals surface area contributed by atoms with Gasteiger partial charge >= 0.3 is 0 Å². The van der Waals surface area contributed by atoms with Gasteiger partial charge in [0.1, 0.15) is 11.8 Å². The van der Waals surface area contributed by atoms with Gasteiger partial charge in [0.2, 0.25) is 5.78 Å². The first-order valence-electron chi connectivity index (χ1n) is 10.6. The third-order valence-corrected chi connectivity index (χ3v) is 5.86. The molecule has 168 valence electrons. The Morgan fingerprint density at radius 1 is 1.22 bits per heavy atom. The smallest absolute Gasteiger partial charge is 0.290 e. The third-order valence-electron chi connectivity index (χ3n) is 5.86. The number of hydrogen-bond acceptors (Lipinski definition) is 7. The van der Waals surface area contributed by atoms with Crippen LogP contribution < -0.4 is 4.74 Å². The molecule has 0 radical (unpaired) electrons. The van der Waals surface area contributed by atoms with Gasteiger partial charge in [-0.1, -0.05) is 26.0 Å². The molecule has 2 aromatic heterocycles. The number of rotatable bonds is 9. The molecule has 0 fully saturated rings. The zero-order valence-electron chi connectivity index (χ0n) is 18.3. The maximum Gasteiger partial charge on any atom is 0.290 e. The normalized spacial score (nSPS) is 16.6. The number of benzene rings is 1. The SMILES string of the molecule is CCN(CC)CCN1C(=O)C(O)=C(C(=O)c2cc3cccc(OC)c3o2)C1c1ccco1. The van der Waals surface area contributed by atoms with Crippen molar-refractivity contribution in [1.29, 1.82) is 0 Å². The summed E-state index contributed by atoms with van der Waals surface area (Å²) in [5.74, 6) is -0.842. The van der Waals surface area contributed by atoms with Crippen LogP contribution in [0, 0.1) is 0 Å². The summed E-state index contributed by atoms with van der Waals surface area (Å²) in [6.07, 6.45) is 1.48. The lowest BCUT2D eigenvalue weighted by atomic mass is 9.99. The summed E-state index contributed by atoms with van der Waals surface area (Å²) in [6, 6.07) is 9.45. The molecule has 1 atom stereocenters. The van der Waals surface area contributed by atoms with Crippen molar-refractivity contribution in [3.63, 3.8) is 0 Å². The third kappa shape index (κ3) is 3.67. The molecule has 1 aliphatic heterocycles. The number of ketones is 1. The molecule has 1 aromatic carbocycles. The molecule has 0 aliphatic carbocycles. The number of aliphatic hydroxyl groups excluding tert-OH is 1. The molecule has 8 heteroatoms. The number of amides is 1. The largest absolute Gasteiger partial charge is 0.503 e. The average molecular weight is 438 g/mol. The topological polar surface area (TPSA) is 96.4 Å². The van der Waals surface area contributed by atoms with Crippen LogP contribution in [-0.2, 0) is 4.79 Å². The number of hydrogen-bond donors (Lipinski definition) is 1. The van der Waals surface area contributed by atoms with Crippen LogP contribution in [0.2, 0.25) is 0 Å². The molecular formula is C24H26N2O6. The molecule has 8 nitrogen and oxygen atoms in total. The van der Waals surface area contributed by atoms with E-state index in [1.807, 2.05) is 13.8 Å². The lowest BCUT2D eigenvalue weighted by molar-refractivity contribution is -0.129. The van der Waals surface area contributed by atoms with Crippen molar-refractivity contribution in [2.24, 2.45) is 0 Å². The van der Waals surface area contributed by atoms with Gasteiger partial charge in [-0.15, -0.1) is 0 Å². The first-order valence-corrected chi connectivity index (χ1v) is 10.6. The molecule has 4 rings (SSSR count). The predicted molar refractivity (Wildman–Crippen MR) is 118 cm³/mol. The van der Waals surface area contributed by atoms with E-state index in [-0.39, 0.29) is 11.3 Å². The molecule has 0 spiro atoms. The lowest BCUT2D eigenvalue weighted by Crippen LogP contribution is -2.38. The first kappa shape index (κ1) is 21.7. The highest BCUT2D eigenvalue weighted by Gasteiger charge is 2.45. The van der Waals surface area contributed by atoms with Crippen molar-refractivity contribution in [3.05, 3.63) is 65.5 Å². The van der Waals surface area contributed by atoms with E-state index < -0.39 is 23.5 Å². The average Bonchev–Trinajstić information content (AvgIpc) is 3.53. The second-order valence-corrected chi connectivity index (χ2v) is 7.52. The van der Waals surface area contributed by atoms with Gasteiger partial charge in [-0.2, -0.15) is 0 Å². The van der Waals surface area contributed by atoms with Gasteiger partial charge in [-0.25, -0.2) is 0 Å². The number of aliphatic hydroxyl groups is 1. The van der Waals surface area contributed by atoms with Gasteiger partial charge in [-0.3, -0.25) is 9.59 Å². The number of fused-ring (bicyclic) bond motifs is 1. The van der Waals surface area contributed by atoms with Crippen molar-refractivity contribution in [2.75, 3.05) is 33.3 Å². The minimum absolute atomic E-state index is 0.0148. The summed E-state index contributed by atoms with van der Waals surface area (Å²) in [7, 11) is 1.52. The van der Waals surface area contributed by atoms with Crippen LogP contribution in [0.25, 0.3) is 11.0 Å². The Morgan fingerprint density at radius 2 is 2.00 bits per heavy atom. The molecule has 1 unspecified atom stereocenters. The maximum absolute atomic E-state index is 13.5. The number of methoxy groups -OCH3 is 1. The van der Waals surface area contributed by atoms with E-state index in [0.29, 0.717) is 35.6 Å². The number of carbonyl (C=O) groups excluding carboxylic acids is 2. The van der Waals surface area contributed by atoms with Crippen LogP contribution in [0.5, 0.6) is 5.75 Å². The molecule has 0 bridgehead atoms. The van der Waals surface area contributed by atoms with Crippen molar-refractivity contribution in [3.8, 4) is 5.75 Å². The summed E-state index contributed by atoms with van der Waals surface area (Å²) in [5, 5.41) is 11.4. The van der Waals surface area contributed by atoms with Crippen LogP contribution in [0.1, 0.15) is 36.2 Å². The summed E-state index contributed by atoms with van der Waals surface area (Å²) in [5.41, 5.74) is 0.373. The number of ether oxygens (including phenoxy) is 1. The van der Waals surface area contributed by atoms with E-state index in [1.54, 1.807) is 36.4 Å². The van der Waals surface area contributed by atoms with E-state index >= 15 is 0 Å². The maximum atomic E-state index is 13.5. The lowest BCUT2D eigenvalue weighted by Gasteiger charge is -2.27. The summed E-state index contributed by atoms with van der Waals surface area (Å²) < 4.78 is 16.7. The minimum atomic E-state index is -0.837. The van der Waals surface area contributed by atoms with Crippen LogP contribution in [0.15, 0.2) is 62.8 Å². The Labute approximate surface area is 185 Å². The van der Waals surface area contributed by atoms with Crippen LogP contribution >= 0.6 is 0 Å². The second-order valence-electron chi connectivity index (χ2n) is 7.52. The molecule has 32 heavy (non-hydrogen) atoms. The summed E-state index contributed by atoms with van der Waals surface area (Å²) >= 11 is 0. The number of nitrogens with zero attached hydrogens (tertiary/aromatic N) is 2. The number of likely N-dealkylation sites (N-methyl/N-ethyl adjacent to an activating group) is 1. The van der Waals surface area contributed by atoms with Crippen molar-refractivity contribution in [1.82, 2.24) is 9.80 Å². The highest BCUT2D eigenvalue weighted by Crippen LogP contribution is 2.40. The van der Waals surface area contributed by atoms with Crippen LogP contribution in [0.4, 0.5) is 0 Å². The monoisotopic (exact) mass is 438 g/mol. The molecule has 3 heterocycles.